The normalized spacial score (nSPS) is 14.2. The van der Waals surface area contributed by atoms with Crippen molar-refractivity contribution in [3.63, 3.8) is 0 Å². The molecule has 2 aromatic rings. The molecule has 0 spiro atoms. The van der Waals surface area contributed by atoms with Gasteiger partial charge in [0, 0.05) is 6.07 Å². The molecule has 6 heteroatoms. The number of fused-ring (bicyclic) bond motifs is 1. The number of allylic oxidation sites excluding steroid dienone is 1. The number of nitrogens with one attached hydrogen (secondary N) is 1. The minimum Gasteiger partial charge on any atom is -0.277 e. The second-order valence-electron chi connectivity index (χ2n) is 5.04. The quantitative estimate of drug-likeness (QED) is 0.937. The van der Waals surface area contributed by atoms with Crippen LogP contribution in [0.5, 0.6) is 0 Å². The van der Waals surface area contributed by atoms with E-state index in [1.54, 1.807) is 6.08 Å². The molecule has 114 valence electrons. The van der Waals surface area contributed by atoms with Crippen molar-refractivity contribution >= 4 is 21.8 Å². The lowest BCUT2D eigenvalue weighted by Crippen LogP contribution is -2.18. The molecule has 0 radical (unpaired) electrons. The molecule has 0 amide bonds. The van der Waals surface area contributed by atoms with Gasteiger partial charge in [-0.05, 0) is 42.2 Å². The number of sulfonamides is 1. The first-order chi connectivity index (χ1) is 10.5. The molecular weight excluding hydrogens is 308 g/mol. The third-order valence-electron chi connectivity index (χ3n) is 3.53. The van der Waals surface area contributed by atoms with Crippen LogP contribution in [0.25, 0.3) is 6.08 Å². The summed E-state index contributed by atoms with van der Waals surface area (Å²) in [5, 5.41) is 0. The van der Waals surface area contributed by atoms with E-state index in [1.807, 2.05) is 24.3 Å². The van der Waals surface area contributed by atoms with Crippen LogP contribution in [0, 0.1) is 11.6 Å². The van der Waals surface area contributed by atoms with E-state index in [0.29, 0.717) is 18.9 Å². The first-order valence-corrected chi connectivity index (χ1v) is 8.20. The molecule has 0 fully saturated rings. The van der Waals surface area contributed by atoms with Gasteiger partial charge in [-0.15, -0.1) is 0 Å². The molecule has 0 aliphatic heterocycles. The zero-order valence-electron chi connectivity index (χ0n) is 11.5. The average Bonchev–Trinajstić information content (AvgIpc) is 2.49. The van der Waals surface area contributed by atoms with Crippen LogP contribution in [-0.4, -0.2) is 8.42 Å². The van der Waals surface area contributed by atoms with Crippen molar-refractivity contribution in [2.45, 2.75) is 12.8 Å². The smallest absolute Gasteiger partial charge is 0.258 e. The Morgan fingerprint density at radius 1 is 1.00 bits per heavy atom. The second-order valence-corrected chi connectivity index (χ2v) is 6.77. The Hall–Kier alpha value is -2.21. The van der Waals surface area contributed by atoms with E-state index in [2.05, 4.69) is 4.72 Å². The van der Waals surface area contributed by atoms with E-state index >= 15 is 0 Å². The van der Waals surface area contributed by atoms with E-state index in [4.69, 9.17) is 0 Å². The average molecular weight is 321 g/mol. The van der Waals surface area contributed by atoms with Crippen LogP contribution in [-0.2, 0) is 16.4 Å². The van der Waals surface area contributed by atoms with Crippen molar-refractivity contribution < 1.29 is 17.2 Å². The van der Waals surface area contributed by atoms with Gasteiger partial charge in [0.1, 0.15) is 11.6 Å². The highest BCUT2D eigenvalue weighted by atomic mass is 32.2. The minimum atomic E-state index is -3.87. The van der Waals surface area contributed by atoms with Gasteiger partial charge in [-0.25, -0.2) is 17.2 Å². The first kappa shape index (κ1) is 14.7. The molecule has 0 heterocycles. The maximum Gasteiger partial charge on any atom is 0.258 e. The van der Waals surface area contributed by atoms with Gasteiger partial charge in [0.2, 0.25) is 0 Å². The Kier molecular flexibility index (Phi) is 3.70. The third kappa shape index (κ3) is 2.87. The van der Waals surface area contributed by atoms with Crippen molar-refractivity contribution in [3.8, 4) is 0 Å². The van der Waals surface area contributed by atoms with Crippen LogP contribution >= 0.6 is 0 Å². The lowest BCUT2D eigenvalue weighted by atomic mass is 9.98. The highest BCUT2D eigenvalue weighted by Gasteiger charge is 2.22. The topological polar surface area (TPSA) is 46.2 Å². The van der Waals surface area contributed by atoms with Crippen LogP contribution in [0.3, 0.4) is 0 Å². The van der Waals surface area contributed by atoms with Gasteiger partial charge in [-0.2, -0.15) is 0 Å². The number of hydrogen-bond acceptors (Lipinski definition) is 2. The fraction of sp³-hybridized carbons (Fsp3) is 0.125. The third-order valence-corrected chi connectivity index (χ3v) is 5.03. The summed E-state index contributed by atoms with van der Waals surface area (Å²) in [5.74, 6) is -1.70. The zero-order chi connectivity index (χ0) is 15.7. The van der Waals surface area contributed by atoms with Gasteiger partial charge >= 0.3 is 0 Å². The van der Waals surface area contributed by atoms with E-state index < -0.39 is 21.7 Å². The number of hydrogen-bond donors (Lipinski definition) is 1. The summed E-state index contributed by atoms with van der Waals surface area (Å²) in [5.41, 5.74) is 1.66. The molecular formula is C16H13F2NO2S. The van der Waals surface area contributed by atoms with Gasteiger partial charge in [0.05, 0.1) is 10.6 Å². The number of aryl methyl sites for hydroxylation is 1. The molecule has 3 rings (SSSR count). The summed E-state index contributed by atoms with van der Waals surface area (Å²) >= 11 is 0. The Morgan fingerprint density at radius 3 is 2.55 bits per heavy atom. The predicted octanol–water partition coefficient (Wildman–Crippen LogP) is 3.69. The predicted molar refractivity (Wildman–Crippen MR) is 81.6 cm³/mol. The molecule has 0 saturated heterocycles. The molecule has 1 N–H and O–H groups in total. The van der Waals surface area contributed by atoms with Crippen molar-refractivity contribution in [2.24, 2.45) is 0 Å². The van der Waals surface area contributed by atoms with E-state index in [1.165, 1.54) is 0 Å². The molecule has 0 aromatic heterocycles. The summed E-state index contributed by atoms with van der Waals surface area (Å²) in [4.78, 5) is 0.190. The van der Waals surface area contributed by atoms with Crippen molar-refractivity contribution in [3.05, 3.63) is 70.1 Å². The summed E-state index contributed by atoms with van der Waals surface area (Å²) in [6.45, 7) is 0. The SMILES string of the molecule is O=S(=O)(Nc1ccc(F)cc1F)C1=Cc2ccccc2CC1. The summed E-state index contributed by atoms with van der Waals surface area (Å²) < 4.78 is 53.4. The van der Waals surface area contributed by atoms with E-state index in [-0.39, 0.29) is 10.6 Å². The highest BCUT2D eigenvalue weighted by Crippen LogP contribution is 2.28. The van der Waals surface area contributed by atoms with Crippen molar-refractivity contribution in [1.82, 2.24) is 0 Å². The largest absolute Gasteiger partial charge is 0.277 e. The molecule has 1 aliphatic rings. The molecule has 2 aromatic carbocycles. The van der Waals surface area contributed by atoms with Crippen molar-refractivity contribution in [1.29, 1.82) is 0 Å². The van der Waals surface area contributed by atoms with Crippen LogP contribution in [0.4, 0.5) is 14.5 Å². The molecule has 0 atom stereocenters. The maximum absolute atomic E-state index is 13.6. The van der Waals surface area contributed by atoms with Crippen molar-refractivity contribution in [2.75, 3.05) is 4.72 Å². The molecule has 1 aliphatic carbocycles. The maximum atomic E-state index is 13.6. The van der Waals surface area contributed by atoms with Crippen LogP contribution in [0.15, 0.2) is 47.4 Å². The lowest BCUT2D eigenvalue weighted by molar-refractivity contribution is 0.583. The number of benzene rings is 2. The van der Waals surface area contributed by atoms with Gasteiger partial charge in [0.15, 0.2) is 0 Å². The lowest BCUT2D eigenvalue weighted by Gasteiger charge is -2.17. The Bertz CT molecular complexity index is 860. The van der Waals surface area contributed by atoms with Gasteiger partial charge in [-0.3, -0.25) is 4.72 Å². The standard InChI is InChI=1S/C16H13F2NO2S/c17-13-6-8-16(15(18)10-13)19-22(20,21)14-7-5-11-3-1-2-4-12(11)9-14/h1-4,6,8-10,19H,5,7H2. The van der Waals surface area contributed by atoms with Gasteiger partial charge in [0.25, 0.3) is 10.0 Å². The number of halogens is 2. The minimum absolute atomic E-state index is 0.190. The first-order valence-electron chi connectivity index (χ1n) is 6.72. The van der Waals surface area contributed by atoms with Gasteiger partial charge in [-0.1, -0.05) is 24.3 Å². The second kappa shape index (κ2) is 5.53. The summed E-state index contributed by atoms with van der Waals surface area (Å²) in [6, 6.07) is 10.2. The Balaban J connectivity index is 1.93. The molecule has 0 bridgehead atoms. The molecule has 0 unspecified atom stereocenters. The summed E-state index contributed by atoms with van der Waals surface area (Å²) in [7, 11) is -3.87. The fourth-order valence-electron chi connectivity index (χ4n) is 2.40. The fourth-order valence-corrected chi connectivity index (χ4v) is 3.64. The zero-order valence-corrected chi connectivity index (χ0v) is 12.3. The number of anilines is 1. The van der Waals surface area contributed by atoms with E-state index in [9.17, 15) is 17.2 Å². The number of rotatable bonds is 3. The van der Waals surface area contributed by atoms with Crippen LogP contribution < -0.4 is 4.72 Å². The molecule has 22 heavy (non-hydrogen) atoms. The van der Waals surface area contributed by atoms with Crippen LogP contribution in [0.2, 0.25) is 0 Å². The van der Waals surface area contributed by atoms with E-state index in [0.717, 1.165) is 23.3 Å². The summed E-state index contributed by atoms with van der Waals surface area (Å²) in [6.07, 6.45) is 2.53. The molecule has 0 saturated carbocycles. The Labute approximate surface area is 127 Å². The Morgan fingerprint density at radius 2 is 1.77 bits per heavy atom. The molecule has 3 nitrogen and oxygen atoms in total. The monoisotopic (exact) mass is 321 g/mol. The highest BCUT2D eigenvalue weighted by molar-refractivity contribution is 7.96. The van der Waals surface area contributed by atoms with Crippen LogP contribution in [0.1, 0.15) is 17.5 Å². The van der Waals surface area contributed by atoms with Gasteiger partial charge < -0.3 is 0 Å².